The normalized spacial score (nSPS) is 10.6. The van der Waals surface area contributed by atoms with Crippen LogP contribution in [0.1, 0.15) is 41.5 Å². The van der Waals surface area contributed by atoms with Gasteiger partial charge in [-0.25, -0.2) is 0 Å². The Labute approximate surface area is 109 Å². The van der Waals surface area contributed by atoms with Crippen molar-refractivity contribution in [1.82, 2.24) is 0 Å². The average Bonchev–Trinajstić information content (AvgIpc) is 2.30. The lowest BCUT2D eigenvalue weighted by Gasteiger charge is -2.19. The van der Waals surface area contributed by atoms with E-state index in [0.29, 0.717) is 0 Å². The molecule has 0 saturated carbocycles. The first kappa shape index (κ1) is 21.0. The summed E-state index contributed by atoms with van der Waals surface area (Å²) in [6, 6.07) is 0. The molecule has 0 aromatic heterocycles. The molecular formula is C17H30. The highest BCUT2D eigenvalue weighted by molar-refractivity contribution is 5.27. The number of rotatable bonds is 3. The van der Waals surface area contributed by atoms with Crippen LogP contribution in [-0.2, 0) is 0 Å². The largest absolute Gasteiger partial charge is 0.0991 e. The van der Waals surface area contributed by atoms with E-state index in [9.17, 15) is 0 Å². The molecule has 0 heteroatoms. The van der Waals surface area contributed by atoms with Gasteiger partial charge in [0.1, 0.15) is 0 Å². The fourth-order valence-electron chi connectivity index (χ4n) is 0.862. The van der Waals surface area contributed by atoms with E-state index in [1.165, 1.54) is 5.57 Å². The van der Waals surface area contributed by atoms with Gasteiger partial charge in [-0.05, 0) is 17.9 Å². The molecule has 0 aliphatic carbocycles. The van der Waals surface area contributed by atoms with E-state index in [4.69, 9.17) is 0 Å². The van der Waals surface area contributed by atoms with Gasteiger partial charge in [-0.15, -0.1) is 0 Å². The van der Waals surface area contributed by atoms with Crippen molar-refractivity contribution in [3.8, 4) is 0 Å². The van der Waals surface area contributed by atoms with Gasteiger partial charge < -0.3 is 0 Å². The van der Waals surface area contributed by atoms with Crippen LogP contribution in [0.4, 0.5) is 0 Å². The second kappa shape index (κ2) is 14.7. The van der Waals surface area contributed by atoms with Crippen molar-refractivity contribution in [3.63, 3.8) is 0 Å². The van der Waals surface area contributed by atoms with Crippen LogP contribution in [0.3, 0.4) is 0 Å². The van der Waals surface area contributed by atoms with Gasteiger partial charge in [-0.1, -0.05) is 90.8 Å². The van der Waals surface area contributed by atoms with Gasteiger partial charge in [0, 0.05) is 0 Å². The Kier molecular flexibility index (Phi) is 18.2. The minimum atomic E-state index is 0.223. The first-order valence-electron chi connectivity index (χ1n) is 6.13. The summed E-state index contributed by atoms with van der Waals surface area (Å²) < 4.78 is 0. The number of hydrogen-bond acceptors (Lipinski definition) is 0. The van der Waals surface area contributed by atoms with Crippen LogP contribution in [0.5, 0.6) is 0 Å². The standard InChI is InChI=1S/C11H18.C4H6.C2H6/c1-6-8-10(9-7-2)11(3,4)5;1-3-4-2;1-2/h6-9H,1H2,2-5H3;3-4H,1-2H2;1-2H3/b9-7-,10-8+;;. The quantitative estimate of drug-likeness (QED) is 0.517. The first-order chi connectivity index (χ1) is 7.93. The monoisotopic (exact) mass is 234 g/mol. The molecule has 0 fully saturated rings. The Hall–Kier alpha value is -1.30. The van der Waals surface area contributed by atoms with E-state index in [1.807, 2.05) is 26.8 Å². The van der Waals surface area contributed by atoms with Crippen molar-refractivity contribution in [1.29, 1.82) is 0 Å². The van der Waals surface area contributed by atoms with Gasteiger partial charge in [0.05, 0.1) is 0 Å². The molecule has 0 rings (SSSR count). The lowest BCUT2D eigenvalue weighted by molar-refractivity contribution is 0.517. The molecule has 0 heterocycles. The highest BCUT2D eigenvalue weighted by Gasteiger charge is 2.12. The van der Waals surface area contributed by atoms with Gasteiger partial charge in [-0.2, -0.15) is 0 Å². The van der Waals surface area contributed by atoms with E-state index < -0.39 is 0 Å². The zero-order chi connectivity index (χ0) is 14.3. The molecule has 0 aromatic carbocycles. The summed E-state index contributed by atoms with van der Waals surface area (Å²) >= 11 is 0. The molecule has 0 aliphatic heterocycles. The van der Waals surface area contributed by atoms with Crippen molar-refractivity contribution in [2.75, 3.05) is 0 Å². The maximum absolute atomic E-state index is 3.69. The second-order valence-corrected chi connectivity index (χ2v) is 4.08. The number of allylic oxidation sites excluding steroid dienone is 7. The molecule has 0 bridgehead atoms. The Bertz CT molecular complexity index is 238. The highest BCUT2D eigenvalue weighted by Crippen LogP contribution is 2.25. The summed E-state index contributed by atoms with van der Waals surface area (Å²) in [4.78, 5) is 0. The molecule has 0 N–H and O–H groups in total. The predicted molar refractivity (Wildman–Crippen MR) is 84.3 cm³/mol. The zero-order valence-electron chi connectivity index (χ0n) is 12.6. The van der Waals surface area contributed by atoms with E-state index >= 15 is 0 Å². The average molecular weight is 234 g/mol. The van der Waals surface area contributed by atoms with Crippen LogP contribution < -0.4 is 0 Å². The summed E-state index contributed by atoms with van der Waals surface area (Å²) in [5.74, 6) is 0. The Morgan fingerprint density at radius 2 is 1.29 bits per heavy atom. The Morgan fingerprint density at radius 3 is 1.47 bits per heavy atom. The summed E-state index contributed by atoms with van der Waals surface area (Å²) in [7, 11) is 0. The third-order valence-electron chi connectivity index (χ3n) is 1.68. The molecule has 0 aliphatic rings. The predicted octanol–water partition coefficient (Wildman–Crippen LogP) is 6.11. The maximum Gasteiger partial charge on any atom is -0.0132 e. The van der Waals surface area contributed by atoms with E-state index in [2.05, 4.69) is 58.7 Å². The summed E-state index contributed by atoms with van der Waals surface area (Å²) in [6.45, 7) is 23.0. The second-order valence-electron chi connectivity index (χ2n) is 4.08. The van der Waals surface area contributed by atoms with Crippen LogP contribution in [0, 0.1) is 5.41 Å². The summed E-state index contributed by atoms with van der Waals surface area (Å²) in [5.41, 5.74) is 1.54. The van der Waals surface area contributed by atoms with Crippen molar-refractivity contribution >= 4 is 0 Å². The Balaban J connectivity index is -0.000000275. The lowest BCUT2D eigenvalue weighted by Crippen LogP contribution is -2.06. The molecule has 0 unspecified atom stereocenters. The number of hydrogen-bond donors (Lipinski definition) is 0. The van der Waals surface area contributed by atoms with Crippen molar-refractivity contribution in [3.05, 3.63) is 61.8 Å². The summed E-state index contributed by atoms with van der Waals surface area (Å²) in [5, 5.41) is 0. The third-order valence-corrected chi connectivity index (χ3v) is 1.68. The van der Waals surface area contributed by atoms with Crippen LogP contribution in [0.15, 0.2) is 61.8 Å². The fourth-order valence-corrected chi connectivity index (χ4v) is 0.862. The molecule has 0 amide bonds. The van der Waals surface area contributed by atoms with Crippen LogP contribution in [-0.4, -0.2) is 0 Å². The minimum absolute atomic E-state index is 0.223. The van der Waals surface area contributed by atoms with Crippen molar-refractivity contribution in [2.45, 2.75) is 41.5 Å². The van der Waals surface area contributed by atoms with Crippen LogP contribution >= 0.6 is 0 Å². The lowest BCUT2D eigenvalue weighted by atomic mass is 9.86. The van der Waals surface area contributed by atoms with Crippen LogP contribution in [0.25, 0.3) is 0 Å². The van der Waals surface area contributed by atoms with Gasteiger partial charge in [0.25, 0.3) is 0 Å². The van der Waals surface area contributed by atoms with Gasteiger partial charge in [0.2, 0.25) is 0 Å². The SMILES string of the molecule is C=C/C=C(\C=C/C)C(C)(C)C.C=CC=C.CC. The van der Waals surface area contributed by atoms with Gasteiger partial charge >= 0.3 is 0 Å². The van der Waals surface area contributed by atoms with Gasteiger partial charge in [0.15, 0.2) is 0 Å². The topological polar surface area (TPSA) is 0 Å². The molecular weight excluding hydrogens is 204 g/mol. The molecule has 0 saturated heterocycles. The maximum atomic E-state index is 3.69. The first-order valence-corrected chi connectivity index (χ1v) is 6.13. The van der Waals surface area contributed by atoms with E-state index in [1.54, 1.807) is 12.2 Å². The highest BCUT2D eigenvalue weighted by atomic mass is 14.2. The van der Waals surface area contributed by atoms with Crippen molar-refractivity contribution in [2.24, 2.45) is 5.41 Å². The molecule has 0 nitrogen and oxygen atoms in total. The zero-order valence-corrected chi connectivity index (χ0v) is 12.6. The molecule has 0 spiro atoms. The molecule has 17 heavy (non-hydrogen) atoms. The van der Waals surface area contributed by atoms with E-state index in [0.717, 1.165) is 0 Å². The fraction of sp³-hybridized carbons (Fsp3) is 0.412. The van der Waals surface area contributed by atoms with E-state index in [-0.39, 0.29) is 5.41 Å². The smallest absolute Gasteiger partial charge is 0.0132 e. The van der Waals surface area contributed by atoms with Crippen LogP contribution in [0.2, 0.25) is 0 Å². The molecule has 0 aromatic rings. The molecule has 0 radical (unpaired) electrons. The Morgan fingerprint density at radius 1 is 0.882 bits per heavy atom. The third kappa shape index (κ3) is 17.3. The molecule has 98 valence electrons. The molecule has 0 atom stereocenters. The minimum Gasteiger partial charge on any atom is -0.0991 e. The van der Waals surface area contributed by atoms with Crippen molar-refractivity contribution < 1.29 is 0 Å². The van der Waals surface area contributed by atoms with Gasteiger partial charge in [-0.3, -0.25) is 0 Å². The summed E-state index contributed by atoms with van der Waals surface area (Å²) in [6.07, 6.45) is 11.4.